The first-order valence-corrected chi connectivity index (χ1v) is 11.5. The average Bonchev–Trinajstić information content (AvgIpc) is 3.21. The third-order valence-electron chi connectivity index (χ3n) is 5.85. The molecule has 0 saturated carbocycles. The van der Waals surface area contributed by atoms with E-state index in [0.717, 1.165) is 61.6 Å². The summed E-state index contributed by atoms with van der Waals surface area (Å²) >= 11 is 1.52. The van der Waals surface area contributed by atoms with Gasteiger partial charge in [-0.3, -0.25) is 0 Å². The summed E-state index contributed by atoms with van der Waals surface area (Å²) in [6.45, 7) is 3.71. The third-order valence-corrected chi connectivity index (χ3v) is 6.89. The molecule has 1 fully saturated rings. The van der Waals surface area contributed by atoms with Gasteiger partial charge in [-0.05, 0) is 79.6 Å². The van der Waals surface area contributed by atoms with Gasteiger partial charge in [0.25, 0.3) is 0 Å². The normalized spacial score (nSPS) is 14.8. The van der Waals surface area contributed by atoms with E-state index in [1.165, 1.54) is 28.5 Å². The molecule has 1 aromatic heterocycles. The highest BCUT2D eigenvalue weighted by Gasteiger charge is 2.23. The molecule has 0 aliphatic carbocycles. The highest BCUT2D eigenvalue weighted by molar-refractivity contribution is 7.07. The Morgan fingerprint density at radius 2 is 2.00 bits per heavy atom. The number of nitrogens with zero attached hydrogens (tertiary/aromatic N) is 2. The molecule has 8 heteroatoms. The van der Waals surface area contributed by atoms with Gasteiger partial charge >= 0.3 is 0 Å². The molecule has 5 nitrogen and oxygen atoms in total. The van der Waals surface area contributed by atoms with Crippen molar-refractivity contribution in [3.05, 3.63) is 52.7 Å². The van der Waals surface area contributed by atoms with Crippen LogP contribution in [0.1, 0.15) is 35.6 Å². The molecule has 0 unspecified atom stereocenters. The molecular weight excluding hydrogens is 451 g/mol. The van der Waals surface area contributed by atoms with Crippen LogP contribution in [0.2, 0.25) is 0 Å². The van der Waals surface area contributed by atoms with Gasteiger partial charge in [-0.2, -0.15) is 4.37 Å². The van der Waals surface area contributed by atoms with Crippen molar-refractivity contribution in [3.63, 3.8) is 0 Å². The summed E-state index contributed by atoms with van der Waals surface area (Å²) in [5.41, 5.74) is 1.69. The van der Waals surface area contributed by atoms with Crippen LogP contribution in [0.4, 0.5) is 4.39 Å². The van der Waals surface area contributed by atoms with E-state index >= 15 is 0 Å². The van der Waals surface area contributed by atoms with Gasteiger partial charge in [0.2, 0.25) is 0 Å². The molecule has 2 heterocycles. The summed E-state index contributed by atoms with van der Waals surface area (Å²) in [5, 5.41) is 1.10. The van der Waals surface area contributed by atoms with Gasteiger partial charge in [-0.1, -0.05) is 6.07 Å². The number of piperidine rings is 1. The van der Waals surface area contributed by atoms with Gasteiger partial charge in [-0.25, -0.2) is 4.39 Å². The van der Waals surface area contributed by atoms with E-state index in [9.17, 15) is 9.18 Å². The lowest BCUT2D eigenvalue weighted by molar-refractivity contribution is -0.107. The van der Waals surface area contributed by atoms with Gasteiger partial charge in [0.1, 0.15) is 12.1 Å². The van der Waals surface area contributed by atoms with E-state index in [2.05, 4.69) is 9.27 Å². The predicted molar refractivity (Wildman–Crippen MR) is 128 cm³/mol. The summed E-state index contributed by atoms with van der Waals surface area (Å²) in [6, 6.07) is 10.5. The number of carbonyl (C=O) groups excluding carboxylic acids is 1. The van der Waals surface area contributed by atoms with E-state index in [1.807, 2.05) is 24.3 Å². The van der Waals surface area contributed by atoms with Crippen molar-refractivity contribution < 1.29 is 18.7 Å². The Labute approximate surface area is 198 Å². The summed E-state index contributed by atoms with van der Waals surface area (Å²) < 4.78 is 29.2. The maximum Gasteiger partial charge on any atom is 0.161 e. The number of aromatic nitrogens is 1. The van der Waals surface area contributed by atoms with Crippen LogP contribution in [0.15, 0.2) is 36.4 Å². The number of ether oxygens (including phenoxy) is 2. The first-order valence-electron chi connectivity index (χ1n) is 10.7. The summed E-state index contributed by atoms with van der Waals surface area (Å²) in [7, 11) is 1.61. The lowest BCUT2D eigenvalue weighted by Gasteiger charge is -2.31. The number of halogens is 2. The number of aldehydes is 1. The van der Waals surface area contributed by atoms with Crippen LogP contribution in [0, 0.1) is 5.82 Å². The van der Waals surface area contributed by atoms with E-state index in [1.54, 1.807) is 7.11 Å². The average molecular weight is 479 g/mol. The largest absolute Gasteiger partial charge is 0.493 e. The maximum atomic E-state index is 13.4. The SMILES string of the molecule is COc1cc(CC=O)ccc1OCCCN1CCC(c2snc3cc(F)ccc23)CC1.Cl. The fraction of sp³-hybridized carbons (Fsp3) is 0.417. The van der Waals surface area contributed by atoms with E-state index in [-0.39, 0.29) is 18.2 Å². The van der Waals surface area contributed by atoms with Gasteiger partial charge < -0.3 is 19.2 Å². The van der Waals surface area contributed by atoms with Crippen LogP contribution in [0.5, 0.6) is 11.5 Å². The van der Waals surface area contributed by atoms with Crippen molar-refractivity contribution in [2.24, 2.45) is 0 Å². The van der Waals surface area contributed by atoms with E-state index < -0.39 is 0 Å². The van der Waals surface area contributed by atoms with Crippen molar-refractivity contribution in [3.8, 4) is 11.5 Å². The quantitative estimate of drug-likeness (QED) is 0.310. The first kappa shape index (κ1) is 24.4. The molecular formula is C24H28ClFN2O3S. The number of benzene rings is 2. The van der Waals surface area contributed by atoms with Crippen LogP contribution >= 0.6 is 23.9 Å². The zero-order valence-electron chi connectivity index (χ0n) is 18.1. The first-order chi connectivity index (χ1) is 15.2. The number of likely N-dealkylation sites (tertiary alicyclic amines) is 1. The monoisotopic (exact) mass is 478 g/mol. The Morgan fingerprint density at radius 1 is 1.19 bits per heavy atom. The molecule has 4 rings (SSSR count). The van der Waals surface area contributed by atoms with Crippen LogP contribution in [-0.2, 0) is 11.2 Å². The second-order valence-corrected chi connectivity index (χ2v) is 8.69. The van der Waals surface area contributed by atoms with Gasteiger partial charge in [0.15, 0.2) is 11.5 Å². The molecule has 1 aliphatic heterocycles. The number of carbonyl (C=O) groups is 1. The van der Waals surface area contributed by atoms with E-state index in [0.29, 0.717) is 30.4 Å². The number of methoxy groups -OCH3 is 1. The molecule has 0 atom stereocenters. The molecule has 172 valence electrons. The molecule has 0 amide bonds. The maximum absolute atomic E-state index is 13.4. The van der Waals surface area contributed by atoms with Crippen molar-refractivity contribution in [2.75, 3.05) is 33.4 Å². The second-order valence-electron chi connectivity index (χ2n) is 7.88. The Bertz CT molecular complexity index is 1040. The van der Waals surface area contributed by atoms with Crippen molar-refractivity contribution in [1.82, 2.24) is 9.27 Å². The lowest BCUT2D eigenvalue weighted by Crippen LogP contribution is -2.34. The number of rotatable bonds is 9. The molecule has 1 aliphatic rings. The van der Waals surface area contributed by atoms with E-state index in [4.69, 9.17) is 9.47 Å². The second kappa shape index (κ2) is 11.6. The summed E-state index contributed by atoms with van der Waals surface area (Å²) in [5.74, 6) is 1.65. The fourth-order valence-corrected chi connectivity index (χ4v) is 5.18. The molecule has 0 bridgehead atoms. The topological polar surface area (TPSA) is 51.7 Å². The van der Waals surface area contributed by atoms with Crippen LogP contribution in [0.3, 0.4) is 0 Å². The minimum absolute atomic E-state index is 0. The van der Waals surface area contributed by atoms with Crippen molar-refractivity contribution in [2.45, 2.75) is 31.6 Å². The Hall–Kier alpha value is -2.22. The third kappa shape index (κ3) is 5.77. The Morgan fingerprint density at radius 3 is 2.75 bits per heavy atom. The minimum Gasteiger partial charge on any atom is -0.493 e. The molecule has 1 saturated heterocycles. The zero-order valence-corrected chi connectivity index (χ0v) is 19.7. The number of hydrogen-bond acceptors (Lipinski definition) is 6. The summed E-state index contributed by atoms with van der Waals surface area (Å²) in [4.78, 5) is 14.5. The number of fused-ring (bicyclic) bond motifs is 1. The minimum atomic E-state index is -0.226. The van der Waals surface area contributed by atoms with Gasteiger partial charge in [0.05, 0.1) is 19.2 Å². The Kier molecular flexibility index (Phi) is 8.84. The fourth-order valence-electron chi connectivity index (χ4n) is 4.17. The predicted octanol–water partition coefficient (Wildman–Crippen LogP) is 5.26. The standard InChI is InChI=1S/C24H27FN2O3S.ClH/c1-29-23-15-17(9-13-28)3-6-22(23)30-14-2-10-27-11-7-18(8-12-27)24-20-5-4-19(25)16-21(20)26-31-24;/h3-6,13,15-16,18H,2,7-12,14H2,1H3;1H. The molecule has 0 spiro atoms. The van der Waals surface area contributed by atoms with Gasteiger partial charge in [-0.15, -0.1) is 12.4 Å². The Balaban J connectivity index is 0.00000289. The molecule has 0 N–H and O–H groups in total. The lowest BCUT2D eigenvalue weighted by atomic mass is 9.93. The number of hydrogen-bond donors (Lipinski definition) is 0. The van der Waals surface area contributed by atoms with Crippen LogP contribution in [-0.4, -0.2) is 48.9 Å². The van der Waals surface area contributed by atoms with Crippen LogP contribution < -0.4 is 9.47 Å². The molecule has 0 radical (unpaired) electrons. The molecule has 2 aromatic carbocycles. The molecule has 3 aromatic rings. The van der Waals surface area contributed by atoms with Crippen molar-refractivity contribution in [1.29, 1.82) is 0 Å². The highest BCUT2D eigenvalue weighted by Crippen LogP contribution is 2.36. The van der Waals surface area contributed by atoms with Crippen LogP contribution in [0.25, 0.3) is 10.9 Å². The molecule has 32 heavy (non-hydrogen) atoms. The smallest absolute Gasteiger partial charge is 0.161 e. The van der Waals surface area contributed by atoms with Gasteiger partial charge in [0, 0.05) is 29.3 Å². The zero-order chi connectivity index (χ0) is 21.6. The van der Waals surface area contributed by atoms with Crippen molar-refractivity contribution >= 4 is 41.1 Å². The highest BCUT2D eigenvalue weighted by atomic mass is 35.5. The summed E-state index contributed by atoms with van der Waals surface area (Å²) in [6.07, 6.45) is 4.40.